The Balaban J connectivity index is 1.59. The summed E-state index contributed by atoms with van der Waals surface area (Å²) in [6.07, 6.45) is 0.581. The molecule has 0 fully saturated rings. The molecule has 0 aliphatic rings. The van der Waals surface area contributed by atoms with Crippen LogP contribution in [0, 0.1) is 0 Å². The van der Waals surface area contributed by atoms with Gasteiger partial charge in [0, 0.05) is 17.8 Å². The molecule has 5 rings (SSSR count). The summed E-state index contributed by atoms with van der Waals surface area (Å²) in [5, 5.41) is 9.46. The number of ether oxygens (including phenoxy) is 1. The topological polar surface area (TPSA) is 79.8 Å². The maximum Gasteiger partial charge on any atom is 0.416 e. The van der Waals surface area contributed by atoms with Gasteiger partial charge in [-0.25, -0.2) is 14.0 Å². The predicted octanol–water partition coefficient (Wildman–Crippen LogP) is 3.84. The average molecular weight is 466 g/mol. The van der Waals surface area contributed by atoms with Gasteiger partial charge in [0.05, 0.1) is 42.3 Å². The number of alkyl halides is 3. The third kappa shape index (κ3) is 3.81. The van der Waals surface area contributed by atoms with Crippen LogP contribution >= 0.6 is 0 Å². The number of fused-ring (bicyclic) bond motifs is 1. The molecular weight excluding hydrogens is 449 g/mol. The second-order valence-corrected chi connectivity index (χ2v) is 7.46. The first kappa shape index (κ1) is 21.4. The number of halogens is 3. The van der Waals surface area contributed by atoms with Gasteiger partial charge in [0.25, 0.3) is 0 Å². The molecule has 0 atom stereocenters. The zero-order chi connectivity index (χ0) is 23.9. The van der Waals surface area contributed by atoms with Gasteiger partial charge in [-0.1, -0.05) is 18.2 Å². The highest BCUT2D eigenvalue weighted by Crippen LogP contribution is 2.30. The highest BCUT2D eigenvalue weighted by atomic mass is 19.4. The molecule has 0 saturated carbocycles. The molecule has 0 spiro atoms. The van der Waals surface area contributed by atoms with Crippen LogP contribution in [0.2, 0.25) is 0 Å². The zero-order valence-electron chi connectivity index (χ0n) is 17.8. The Morgan fingerprint density at radius 3 is 2.59 bits per heavy atom. The van der Waals surface area contributed by atoms with Crippen molar-refractivity contribution < 1.29 is 17.9 Å². The fourth-order valence-corrected chi connectivity index (χ4v) is 3.68. The van der Waals surface area contributed by atoms with E-state index in [1.165, 1.54) is 23.8 Å². The molecule has 8 nitrogen and oxygen atoms in total. The van der Waals surface area contributed by atoms with Crippen LogP contribution < -0.4 is 10.4 Å². The summed E-state index contributed by atoms with van der Waals surface area (Å²) in [7, 11) is 1.34. The van der Waals surface area contributed by atoms with E-state index in [1.807, 2.05) is 6.07 Å². The number of aromatic nitrogens is 6. The molecule has 0 aliphatic carbocycles. The van der Waals surface area contributed by atoms with Crippen molar-refractivity contribution in [1.82, 2.24) is 29.1 Å². The number of hydrogen-bond acceptors (Lipinski definition) is 5. The fraction of sp³-hybridized carbons (Fsp3) is 0.130. The second-order valence-electron chi connectivity index (χ2n) is 7.46. The Bertz CT molecular complexity index is 1540. The molecular formula is C23H17F3N6O2. The van der Waals surface area contributed by atoms with Crippen LogP contribution in [0.1, 0.15) is 11.1 Å². The SMILES string of the molecule is COc1nn(-c2cccc3nn(-c4cccnc4)cc23)c(=O)n1Cc1cccc(C(F)(F)F)c1. The molecule has 5 aromatic rings. The molecule has 172 valence electrons. The summed E-state index contributed by atoms with van der Waals surface area (Å²) in [5.41, 5.74) is 0.758. The molecule has 2 aromatic carbocycles. The van der Waals surface area contributed by atoms with E-state index < -0.39 is 17.4 Å². The van der Waals surface area contributed by atoms with Gasteiger partial charge in [0.15, 0.2) is 0 Å². The minimum absolute atomic E-state index is 0.0286. The first-order valence-electron chi connectivity index (χ1n) is 10.1. The smallest absolute Gasteiger partial charge is 0.416 e. The van der Waals surface area contributed by atoms with E-state index in [4.69, 9.17) is 4.74 Å². The van der Waals surface area contributed by atoms with Crippen LogP contribution in [0.4, 0.5) is 13.2 Å². The van der Waals surface area contributed by atoms with Crippen LogP contribution in [-0.2, 0) is 12.7 Å². The number of rotatable bonds is 5. The van der Waals surface area contributed by atoms with Crippen LogP contribution in [0.15, 0.2) is 78.0 Å². The Labute approximate surface area is 190 Å². The van der Waals surface area contributed by atoms with Crippen molar-refractivity contribution in [3.63, 3.8) is 0 Å². The van der Waals surface area contributed by atoms with Gasteiger partial charge < -0.3 is 4.74 Å². The monoisotopic (exact) mass is 466 g/mol. The molecule has 0 bridgehead atoms. The van der Waals surface area contributed by atoms with E-state index in [0.29, 0.717) is 16.6 Å². The van der Waals surface area contributed by atoms with Crippen LogP contribution in [0.3, 0.4) is 0 Å². The summed E-state index contributed by atoms with van der Waals surface area (Å²) < 4.78 is 48.6. The molecule has 0 N–H and O–H groups in total. The summed E-state index contributed by atoms with van der Waals surface area (Å²) in [6.45, 7) is -0.142. The maximum absolute atomic E-state index is 13.3. The second kappa shape index (κ2) is 8.18. The number of benzene rings is 2. The average Bonchev–Trinajstić information content (AvgIpc) is 3.41. The normalized spacial score (nSPS) is 11.8. The summed E-state index contributed by atoms with van der Waals surface area (Å²) in [4.78, 5) is 17.4. The van der Waals surface area contributed by atoms with Gasteiger partial charge in [-0.05, 0) is 42.0 Å². The van der Waals surface area contributed by atoms with E-state index in [1.54, 1.807) is 47.5 Å². The Kier molecular flexibility index (Phi) is 5.16. The Morgan fingerprint density at radius 1 is 1.03 bits per heavy atom. The molecule has 0 amide bonds. The van der Waals surface area contributed by atoms with Gasteiger partial charge in [0.2, 0.25) is 0 Å². The Hall–Kier alpha value is -4.41. The number of nitrogens with zero attached hydrogens (tertiary/aromatic N) is 6. The Morgan fingerprint density at radius 2 is 1.85 bits per heavy atom. The lowest BCUT2D eigenvalue weighted by Gasteiger charge is -2.09. The van der Waals surface area contributed by atoms with E-state index in [0.717, 1.165) is 22.5 Å². The third-order valence-corrected chi connectivity index (χ3v) is 5.27. The molecule has 3 heterocycles. The van der Waals surface area contributed by atoms with Crippen LogP contribution in [0.5, 0.6) is 6.01 Å². The van der Waals surface area contributed by atoms with Crippen molar-refractivity contribution in [1.29, 1.82) is 0 Å². The number of methoxy groups -OCH3 is 1. The lowest BCUT2D eigenvalue weighted by Crippen LogP contribution is -2.24. The van der Waals surface area contributed by atoms with E-state index >= 15 is 0 Å². The molecule has 11 heteroatoms. The highest BCUT2D eigenvalue weighted by molar-refractivity contribution is 5.87. The molecule has 0 saturated heterocycles. The molecule has 0 radical (unpaired) electrons. The largest absolute Gasteiger partial charge is 0.467 e. The van der Waals surface area contributed by atoms with Crippen LogP contribution in [-0.4, -0.2) is 36.2 Å². The first-order chi connectivity index (χ1) is 16.3. The minimum Gasteiger partial charge on any atom is -0.467 e. The lowest BCUT2D eigenvalue weighted by atomic mass is 10.1. The fourth-order valence-electron chi connectivity index (χ4n) is 3.68. The van der Waals surface area contributed by atoms with E-state index in [2.05, 4.69) is 15.2 Å². The highest BCUT2D eigenvalue weighted by Gasteiger charge is 2.30. The van der Waals surface area contributed by atoms with Crippen molar-refractivity contribution in [3.8, 4) is 17.4 Å². The maximum atomic E-state index is 13.3. The molecule has 34 heavy (non-hydrogen) atoms. The predicted molar refractivity (Wildman–Crippen MR) is 117 cm³/mol. The van der Waals surface area contributed by atoms with Gasteiger partial charge in [-0.2, -0.15) is 23.0 Å². The molecule has 0 aliphatic heterocycles. The van der Waals surface area contributed by atoms with Gasteiger partial charge in [0.1, 0.15) is 0 Å². The quantitative estimate of drug-likeness (QED) is 0.393. The zero-order valence-corrected chi connectivity index (χ0v) is 17.8. The summed E-state index contributed by atoms with van der Waals surface area (Å²) >= 11 is 0. The summed E-state index contributed by atoms with van der Waals surface area (Å²) in [6, 6.07) is 13.6. The van der Waals surface area contributed by atoms with Crippen molar-refractivity contribution in [2.75, 3.05) is 7.11 Å². The van der Waals surface area contributed by atoms with Crippen molar-refractivity contribution in [2.45, 2.75) is 12.7 Å². The van der Waals surface area contributed by atoms with E-state index in [-0.39, 0.29) is 18.1 Å². The number of hydrogen-bond donors (Lipinski definition) is 0. The standard InChI is InChI=1S/C23H17F3N6O2/c1-34-21-29-32(22(33)30(21)13-15-5-2-6-16(11-15)23(24,25)26)20-9-3-8-19-18(20)14-31(28-19)17-7-4-10-27-12-17/h2-12,14H,13H2,1H3. The van der Waals surface area contributed by atoms with E-state index in [9.17, 15) is 18.0 Å². The van der Waals surface area contributed by atoms with Crippen molar-refractivity contribution in [3.05, 3.63) is 94.8 Å². The third-order valence-electron chi connectivity index (χ3n) is 5.27. The molecule has 3 aromatic heterocycles. The van der Waals surface area contributed by atoms with Crippen molar-refractivity contribution in [2.24, 2.45) is 0 Å². The van der Waals surface area contributed by atoms with Gasteiger partial charge >= 0.3 is 17.9 Å². The minimum atomic E-state index is -4.49. The summed E-state index contributed by atoms with van der Waals surface area (Å²) in [5.74, 6) is 0. The first-order valence-corrected chi connectivity index (χ1v) is 10.1. The van der Waals surface area contributed by atoms with Crippen molar-refractivity contribution >= 4 is 10.9 Å². The lowest BCUT2D eigenvalue weighted by molar-refractivity contribution is -0.137. The van der Waals surface area contributed by atoms with Gasteiger partial charge in [-0.15, -0.1) is 5.10 Å². The van der Waals surface area contributed by atoms with Gasteiger partial charge in [-0.3, -0.25) is 4.98 Å². The number of pyridine rings is 1. The van der Waals surface area contributed by atoms with Crippen LogP contribution in [0.25, 0.3) is 22.3 Å². The molecule has 0 unspecified atom stereocenters.